The van der Waals surface area contributed by atoms with Crippen molar-refractivity contribution in [1.29, 1.82) is 0 Å². The number of piperazine rings is 1. The highest BCUT2D eigenvalue weighted by Crippen LogP contribution is 2.37. The molecule has 2 aliphatic rings. The van der Waals surface area contributed by atoms with Crippen LogP contribution in [0.1, 0.15) is 18.9 Å². The molecule has 2 fully saturated rings. The minimum atomic E-state index is -3.76. The van der Waals surface area contributed by atoms with Gasteiger partial charge in [0.25, 0.3) is 0 Å². The molecule has 0 radical (unpaired) electrons. The summed E-state index contributed by atoms with van der Waals surface area (Å²) in [7, 11) is -3.76. The van der Waals surface area contributed by atoms with Crippen molar-refractivity contribution in [2.75, 3.05) is 31.9 Å². The molecule has 1 aliphatic heterocycles. The number of hydrogen-bond acceptors (Lipinski definition) is 6. The van der Waals surface area contributed by atoms with Gasteiger partial charge in [-0.1, -0.05) is 17.8 Å². The quantitative estimate of drug-likeness (QED) is 0.650. The van der Waals surface area contributed by atoms with Crippen molar-refractivity contribution in [3.63, 3.8) is 0 Å². The summed E-state index contributed by atoms with van der Waals surface area (Å²) in [5.74, 6) is -0.411. The summed E-state index contributed by atoms with van der Waals surface area (Å²) in [4.78, 5) is 14.1. The Labute approximate surface area is 166 Å². The molecule has 2 heterocycles. The summed E-state index contributed by atoms with van der Waals surface area (Å²) in [6, 6.07) is 5.42. The van der Waals surface area contributed by atoms with E-state index in [1.54, 1.807) is 11.2 Å². The predicted octanol–water partition coefficient (Wildman–Crippen LogP) is 1.38. The summed E-state index contributed by atoms with van der Waals surface area (Å²) in [5, 5.41) is 8.72. The maximum absolute atomic E-state index is 13.4. The average Bonchev–Trinajstić information content (AvgIpc) is 3.44. The first kappa shape index (κ1) is 19.3. The zero-order valence-corrected chi connectivity index (χ0v) is 16.7. The van der Waals surface area contributed by atoms with Gasteiger partial charge < -0.3 is 9.47 Å². The van der Waals surface area contributed by atoms with Crippen molar-refractivity contribution >= 4 is 27.7 Å². The Morgan fingerprint density at radius 2 is 1.96 bits per heavy atom. The van der Waals surface area contributed by atoms with Crippen molar-refractivity contribution in [1.82, 2.24) is 24.0 Å². The summed E-state index contributed by atoms with van der Waals surface area (Å²) >= 11 is 1.35. The molecule has 28 heavy (non-hydrogen) atoms. The topological polar surface area (TPSA) is 88.4 Å². The van der Waals surface area contributed by atoms with Crippen molar-refractivity contribution in [3.8, 4) is 0 Å². The largest absolute Gasteiger partial charge is 0.339 e. The van der Waals surface area contributed by atoms with Crippen molar-refractivity contribution < 1.29 is 17.6 Å². The summed E-state index contributed by atoms with van der Waals surface area (Å²) < 4.78 is 41.9. The number of sulfonamides is 1. The lowest BCUT2D eigenvalue weighted by molar-refractivity contribution is -0.129. The smallest absolute Gasteiger partial charge is 0.243 e. The van der Waals surface area contributed by atoms with Gasteiger partial charge in [0.1, 0.15) is 12.1 Å². The minimum absolute atomic E-state index is 0.0573. The van der Waals surface area contributed by atoms with Gasteiger partial charge in [0.2, 0.25) is 15.9 Å². The Morgan fingerprint density at radius 1 is 1.21 bits per heavy atom. The van der Waals surface area contributed by atoms with E-state index in [1.807, 2.05) is 4.57 Å². The lowest BCUT2D eigenvalue weighted by Crippen LogP contribution is -2.51. The Morgan fingerprint density at radius 3 is 2.64 bits per heavy atom. The van der Waals surface area contributed by atoms with Crippen LogP contribution in [0.3, 0.4) is 0 Å². The maximum atomic E-state index is 13.4. The van der Waals surface area contributed by atoms with E-state index in [1.165, 1.54) is 34.3 Å². The molecule has 2 aromatic rings. The highest BCUT2D eigenvalue weighted by molar-refractivity contribution is 7.99. The number of aromatic nitrogens is 3. The van der Waals surface area contributed by atoms with E-state index in [-0.39, 0.29) is 29.6 Å². The van der Waals surface area contributed by atoms with Gasteiger partial charge in [0, 0.05) is 32.2 Å². The van der Waals surface area contributed by atoms with Gasteiger partial charge in [-0.05, 0) is 31.0 Å². The van der Waals surface area contributed by atoms with E-state index >= 15 is 0 Å². The van der Waals surface area contributed by atoms with Crippen LogP contribution in [-0.4, -0.2) is 70.2 Å². The molecule has 1 aromatic carbocycles. The highest BCUT2D eigenvalue weighted by Gasteiger charge is 2.31. The number of nitrogens with zero attached hydrogens (tertiary/aromatic N) is 5. The predicted molar refractivity (Wildman–Crippen MR) is 101 cm³/mol. The molecule has 150 valence electrons. The van der Waals surface area contributed by atoms with Crippen LogP contribution in [0.4, 0.5) is 4.39 Å². The molecule has 11 heteroatoms. The SMILES string of the molecule is O=C(CSc1nncn1C1CC1)N1CCN(S(=O)(=O)c2cccc(F)c2)CC1. The van der Waals surface area contributed by atoms with Crippen LogP contribution in [0.15, 0.2) is 40.6 Å². The van der Waals surface area contributed by atoms with Crippen molar-refractivity contribution in [2.24, 2.45) is 0 Å². The van der Waals surface area contributed by atoms with Gasteiger partial charge in [-0.25, -0.2) is 12.8 Å². The van der Waals surface area contributed by atoms with Gasteiger partial charge in [-0.3, -0.25) is 4.79 Å². The number of rotatable bonds is 6. The molecule has 1 aromatic heterocycles. The van der Waals surface area contributed by atoms with Gasteiger partial charge in [0.15, 0.2) is 5.16 Å². The van der Waals surface area contributed by atoms with Crippen LogP contribution in [0.25, 0.3) is 0 Å². The zero-order chi connectivity index (χ0) is 19.7. The first-order chi connectivity index (χ1) is 13.4. The average molecular weight is 426 g/mol. The monoisotopic (exact) mass is 425 g/mol. The van der Waals surface area contributed by atoms with E-state index in [0.717, 1.165) is 24.1 Å². The van der Waals surface area contributed by atoms with Gasteiger partial charge in [0.05, 0.1) is 10.6 Å². The Hall–Kier alpha value is -1.98. The Kier molecular flexibility index (Phi) is 5.39. The van der Waals surface area contributed by atoms with Crippen LogP contribution >= 0.6 is 11.8 Å². The molecular weight excluding hydrogens is 405 g/mol. The number of halogens is 1. The Bertz CT molecular complexity index is 969. The van der Waals surface area contributed by atoms with E-state index in [4.69, 9.17) is 0 Å². The van der Waals surface area contributed by atoms with Gasteiger partial charge in [-0.2, -0.15) is 4.31 Å². The summed E-state index contributed by atoms with van der Waals surface area (Å²) in [6.07, 6.45) is 3.92. The lowest BCUT2D eigenvalue weighted by atomic mass is 10.3. The third-order valence-corrected chi connectivity index (χ3v) is 7.67. The van der Waals surface area contributed by atoms with Gasteiger partial charge in [-0.15, -0.1) is 10.2 Å². The van der Waals surface area contributed by atoms with Crippen LogP contribution < -0.4 is 0 Å². The third-order valence-electron chi connectivity index (χ3n) is 4.83. The van der Waals surface area contributed by atoms with E-state index in [0.29, 0.717) is 19.1 Å². The second-order valence-electron chi connectivity index (χ2n) is 6.78. The number of benzene rings is 1. The van der Waals surface area contributed by atoms with Crippen LogP contribution in [0.2, 0.25) is 0 Å². The molecule has 4 rings (SSSR count). The standard InChI is InChI=1S/C17H20FN5O3S2/c18-13-2-1-3-15(10-13)28(25,26)22-8-6-21(7-9-22)16(24)11-27-17-20-19-12-23(17)14-4-5-14/h1-3,10,12,14H,4-9,11H2. The molecule has 0 atom stereocenters. The van der Waals surface area contributed by atoms with Crippen molar-refractivity contribution in [3.05, 3.63) is 36.4 Å². The fourth-order valence-corrected chi connectivity index (χ4v) is 5.45. The fraction of sp³-hybridized carbons (Fsp3) is 0.471. The second kappa shape index (κ2) is 7.80. The molecule has 1 saturated carbocycles. The van der Waals surface area contributed by atoms with E-state index in [2.05, 4.69) is 10.2 Å². The van der Waals surface area contributed by atoms with E-state index in [9.17, 15) is 17.6 Å². The molecule has 0 unspecified atom stereocenters. The molecule has 0 N–H and O–H groups in total. The molecule has 8 nitrogen and oxygen atoms in total. The number of thioether (sulfide) groups is 1. The van der Waals surface area contributed by atoms with Crippen LogP contribution in [0.5, 0.6) is 0 Å². The number of hydrogen-bond donors (Lipinski definition) is 0. The Balaban J connectivity index is 1.32. The lowest BCUT2D eigenvalue weighted by Gasteiger charge is -2.34. The highest BCUT2D eigenvalue weighted by atomic mass is 32.2. The molecule has 0 spiro atoms. The molecule has 1 amide bonds. The minimum Gasteiger partial charge on any atom is -0.339 e. The maximum Gasteiger partial charge on any atom is 0.243 e. The number of amides is 1. The van der Waals surface area contributed by atoms with E-state index < -0.39 is 15.8 Å². The molecule has 1 saturated heterocycles. The second-order valence-corrected chi connectivity index (χ2v) is 9.66. The fourth-order valence-electron chi connectivity index (χ4n) is 3.11. The third kappa shape index (κ3) is 4.06. The summed E-state index contributed by atoms with van der Waals surface area (Å²) in [5.41, 5.74) is 0. The molecule has 0 bridgehead atoms. The first-order valence-corrected chi connectivity index (χ1v) is 11.4. The van der Waals surface area contributed by atoms with Crippen LogP contribution in [-0.2, 0) is 14.8 Å². The van der Waals surface area contributed by atoms with Crippen molar-refractivity contribution in [2.45, 2.75) is 28.9 Å². The number of carbonyl (C=O) groups is 1. The van der Waals surface area contributed by atoms with Gasteiger partial charge >= 0.3 is 0 Å². The summed E-state index contributed by atoms with van der Waals surface area (Å²) in [6.45, 7) is 0.994. The first-order valence-electron chi connectivity index (χ1n) is 9.01. The van der Waals surface area contributed by atoms with Crippen LogP contribution in [0, 0.1) is 5.82 Å². The molecule has 1 aliphatic carbocycles. The number of carbonyl (C=O) groups excluding carboxylic acids is 1. The normalized spacial score (nSPS) is 18.4. The molecular formula is C17H20FN5O3S2. The zero-order valence-electron chi connectivity index (χ0n) is 15.1.